The highest BCUT2D eigenvalue weighted by Gasteiger charge is 2.48. The second kappa shape index (κ2) is 11.3. The number of hydrogen-bond donors (Lipinski definition) is 2. The maximum Gasteiger partial charge on any atom is 0.318 e. The average Bonchev–Trinajstić information content (AvgIpc) is 3.32. The van der Waals surface area contributed by atoms with Crippen LogP contribution in [0.5, 0.6) is 0 Å². The Labute approximate surface area is 235 Å². The summed E-state index contributed by atoms with van der Waals surface area (Å²) < 4.78 is 0. The van der Waals surface area contributed by atoms with Gasteiger partial charge in [0.25, 0.3) is 0 Å². The molecule has 2 N–H and O–H groups in total. The SMILES string of the molecule is C=c1[nH]c(CC)c(Cl)/c1=C(/N=C(C)C)N1CC2CN(C(=O)NC(C)(C)C)C2C1.Cc1cnc2nccnc2c1. The number of aliphatic imine (C=N–C) groups is 1. The molecule has 0 bridgehead atoms. The first-order valence-electron chi connectivity index (χ1n) is 13.4. The summed E-state index contributed by atoms with van der Waals surface area (Å²) in [5, 5.41) is 5.45. The van der Waals surface area contributed by atoms with Crippen LogP contribution in [0, 0.1) is 12.8 Å². The van der Waals surface area contributed by atoms with E-state index in [9.17, 15) is 4.79 Å². The molecule has 208 valence electrons. The Morgan fingerprint density at radius 3 is 2.56 bits per heavy atom. The number of halogens is 1. The third-order valence-electron chi connectivity index (χ3n) is 6.74. The Morgan fingerprint density at radius 2 is 1.92 bits per heavy atom. The molecule has 9 nitrogen and oxygen atoms in total. The van der Waals surface area contributed by atoms with Crippen molar-refractivity contribution in [3.63, 3.8) is 0 Å². The topological polar surface area (TPSA) is 102 Å². The predicted octanol–water partition coefficient (Wildman–Crippen LogP) is 3.64. The molecule has 3 aromatic heterocycles. The molecule has 2 aliphatic rings. The van der Waals surface area contributed by atoms with Gasteiger partial charge in [0.05, 0.1) is 16.3 Å². The number of aromatic amines is 1. The molecule has 2 saturated heterocycles. The number of H-pyrrole nitrogens is 1. The monoisotopic (exact) mass is 550 g/mol. The van der Waals surface area contributed by atoms with Gasteiger partial charge in [-0.15, -0.1) is 0 Å². The Kier molecular flexibility index (Phi) is 8.30. The maximum atomic E-state index is 12.6. The molecule has 0 radical (unpaired) electrons. The third kappa shape index (κ3) is 6.41. The summed E-state index contributed by atoms with van der Waals surface area (Å²) in [4.78, 5) is 37.2. The summed E-state index contributed by atoms with van der Waals surface area (Å²) in [5.74, 6) is 1.32. The van der Waals surface area contributed by atoms with Crippen molar-refractivity contribution in [1.82, 2.24) is 35.1 Å². The van der Waals surface area contributed by atoms with Gasteiger partial charge in [0, 0.05) is 66.4 Å². The lowest BCUT2D eigenvalue weighted by Gasteiger charge is -2.44. The first-order chi connectivity index (χ1) is 18.4. The van der Waals surface area contributed by atoms with Crippen LogP contribution < -0.4 is 15.9 Å². The van der Waals surface area contributed by atoms with E-state index in [1.807, 2.05) is 52.5 Å². The van der Waals surface area contributed by atoms with Gasteiger partial charge in [-0.2, -0.15) is 0 Å². The van der Waals surface area contributed by atoms with Crippen molar-refractivity contribution in [2.75, 3.05) is 19.6 Å². The standard InChI is InChI=1S/C21H32ClN5O.C8H7N3/c1-8-15-18(22)17(13(4)24-15)19(23-12(2)3)26-9-14-10-27(16(14)11-26)20(28)25-21(5,6)7;1-6-4-7-8(11-5-6)10-3-2-9-7/h14,16,24H,4,8-11H2,1-3,5-7H3,(H,25,28);2-5H,1H3/b19-17-;. The molecule has 2 unspecified atom stereocenters. The van der Waals surface area contributed by atoms with Crippen LogP contribution in [0.1, 0.15) is 52.8 Å². The minimum atomic E-state index is -0.237. The molecule has 2 fully saturated rings. The number of rotatable bonds is 3. The summed E-state index contributed by atoms with van der Waals surface area (Å²) in [6.45, 7) is 20.6. The number of nitrogens with zero attached hydrogens (tertiary/aromatic N) is 6. The number of nitrogens with one attached hydrogen (secondary N) is 2. The summed E-state index contributed by atoms with van der Waals surface area (Å²) in [6.07, 6.45) is 5.92. The van der Waals surface area contributed by atoms with Crippen LogP contribution >= 0.6 is 11.6 Å². The zero-order chi connectivity index (χ0) is 28.5. The molecule has 0 saturated carbocycles. The van der Waals surface area contributed by atoms with Crippen molar-refractivity contribution in [3.8, 4) is 0 Å². The molecular weight excluding hydrogens is 512 g/mol. The molecule has 2 aliphatic heterocycles. The van der Waals surface area contributed by atoms with E-state index in [4.69, 9.17) is 16.6 Å². The van der Waals surface area contributed by atoms with Gasteiger partial charge in [-0.3, -0.25) is 4.98 Å². The summed E-state index contributed by atoms with van der Waals surface area (Å²) in [5.41, 5.74) is 4.38. The Morgan fingerprint density at radius 1 is 1.21 bits per heavy atom. The van der Waals surface area contributed by atoms with Crippen LogP contribution in [0.2, 0.25) is 5.02 Å². The lowest BCUT2D eigenvalue weighted by Crippen LogP contribution is -2.62. The molecule has 0 aromatic carbocycles. The first kappa shape index (κ1) is 28.5. The Bertz CT molecular complexity index is 1500. The van der Waals surface area contributed by atoms with Crippen molar-refractivity contribution in [3.05, 3.63) is 51.5 Å². The number of likely N-dealkylation sites (tertiary alicyclic amines) is 2. The minimum Gasteiger partial charge on any atom is -0.358 e. The highest BCUT2D eigenvalue weighted by atomic mass is 35.5. The summed E-state index contributed by atoms with van der Waals surface area (Å²) in [7, 11) is 0. The number of pyridine rings is 1. The highest BCUT2D eigenvalue weighted by molar-refractivity contribution is 6.31. The van der Waals surface area contributed by atoms with Crippen molar-refractivity contribution in [2.45, 2.75) is 66.5 Å². The molecule has 0 spiro atoms. The molecule has 10 heteroatoms. The van der Waals surface area contributed by atoms with Crippen LogP contribution in [0.15, 0.2) is 29.6 Å². The average molecular weight is 551 g/mol. The van der Waals surface area contributed by atoms with Gasteiger partial charge in [0.1, 0.15) is 11.3 Å². The summed E-state index contributed by atoms with van der Waals surface area (Å²) in [6, 6.07) is 2.19. The van der Waals surface area contributed by atoms with Crippen molar-refractivity contribution in [1.29, 1.82) is 0 Å². The van der Waals surface area contributed by atoms with Crippen LogP contribution in [-0.4, -0.2) is 72.7 Å². The summed E-state index contributed by atoms with van der Waals surface area (Å²) >= 11 is 6.66. The number of carbonyl (C=O) groups excluding carboxylic acids is 1. The van der Waals surface area contributed by atoms with Gasteiger partial charge < -0.3 is 20.1 Å². The molecule has 2 atom stereocenters. The van der Waals surface area contributed by atoms with E-state index in [0.717, 1.165) is 64.9 Å². The van der Waals surface area contributed by atoms with Crippen molar-refractivity contribution >= 4 is 46.9 Å². The van der Waals surface area contributed by atoms with Crippen LogP contribution in [-0.2, 0) is 6.42 Å². The van der Waals surface area contributed by atoms with Crippen molar-refractivity contribution in [2.24, 2.45) is 10.9 Å². The van der Waals surface area contributed by atoms with Gasteiger partial charge in [0.15, 0.2) is 5.65 Å². The van der Waals surface area contributed by atoms with Gasteiger partial charge in [-0.25, -0.2) is 19.8 Å². The lowest BCUT2D eigenvalue weighted by atomic mass is 9.92. The molecule has 2 amide bonds. The maximum absolute atomic E-state index is 12.6. The Balaban J connectivity index is 0.000000265. The van der Waals surface area contributed by atoms with Gasteiger partial charge in [0.2, 0.25) is 0 Å². The molecule has 5 rings (SSSR count). The smallest absolute Gasteiger partial charge is 0.318 e. The Hall–Kier alpha value is -3.46. The fourth-order valence-corrected chi connectivity index (χ4v) is 5.33. The minimum absolute atomic E-state index is 0.0121. The van der Waals surface area contributed by atoms with E-state index in [2.05, 4.69) is 43.7 Å². The van der Waals surface area contributed by atoms with Gasteiger partial charge >= 0.3 is 6.03 Å². The van der Waals surface area contributed by atoms with Crippen LogP contribution in [0.25, 0.3) is 23.6 Å². The molecule has 39 heavy (non-hydrogen) atoms. The fourth-order valence-electron chi connectivity index (χ4n) is 4.95. The predicted molar refractivity (Wildman–Crippen MR) is 158 cm³/mol. The number of carbonyl (C=O) groups is 1. The number of amides is 2. The first-order valence-corrected chi connectivity index (χ1v) is 13.7. The van der Waals surface area contributed by atoms with E-state index in [1.165, 1.54) is 0 Å². The van der Waals surface area contributed by atoms with Gasteiger partial charge in [-0.1, -0.05) is 25.1 Å². The van der Waals surface area contributed by atoms with Crippen LogP contribution in [0.3, 0.4) is 0 Å². The van der Waals surface area contributed by atoms with E-state index >= 15 is 0 Å². The van der Waals surface area contributed by atoms with E-state index in [0.29, 0.717) is 16.6 Å². The highest BCUT2D eigenvalue weighted by Crippen LogP contribution is 2.35. The second-order valence-corrected chi connectivity index (χ2v) is 11.9. The normalized spacial score (nSPS) is 19.1. The molecular formula is C29H39ClN8O. The fraction of sp³-hybridized carbons (Fsp3) is 0.483. The molecule has 5 heterocycles. The van der Waals surface area contributed by atoms with E-state index in [-0.39, 0.29) is 17.6 Å². The van der Waals surface area contributed by atoms with Crippen LogP contribution in [0.4, 0.5) is 4.79 Å². The third-order valence-corrected chi connectivity index (χ3v) is 7.15. The zero-order valence-electron chi connectivity index (χ0n) is 24.0. The van der Waals surface area contributed by atoms with Gasteiger partial charge in [-0.05, 0) is 59.6 Å². The quantitative estimate of drug-likeness (QED) is 0.485. The van der Waals surface area contributed by atoms with Crippen molar-refractivity contribution < 1.29 is 4.79 Å². The number of hydrogen-bond acceptors (Lipinski definition) is 6. The van der Waals surface area contributed by atoms with E-state index < -0.39 is 0 Å². The largest absolute Gasteiger partial charge is 0.358 e. The molecule has 0 aliphatic carbocycles. The molecule has 3 aromatic rings. The van der Waals surface area contributed by atoms with E-state index in [1.54, 1.807) is 18.6 Å². The number of aromatic nitrogens is 4. The second-order valence-electron chi connectivity index (χ2n) is 11.5. The number of fused-ring (bicyclic) bond motifs is 2. The number of aryl methyl sites for hydroxylation is 2. The lowest BCUT2D eigenvalue weighted by molar-refractivity contribution is 0.0789. The zero-order valence-corrected chi connectivity index (χ0v) is 24.7. The number of urea groups is 1.